The number of hydrogen-bond acceptors (Lipinski definition) is 4. The van der Waals surface area contributed by atoms with Crippen LogP contribution >= 0.6 is 0 Å². The van der Waals surface area contributed by atoms with Crippen LogP contribution in [0.15, 0.2) is 12.1 Å². The van der Waals surface area contributed by atoms with E-state index in [0.29, 0.717) is 5.75 Å². The van der Waals surface area contributed by atoms with Gasteiger partial charge in [0.1, 0.15) is 11.4 Å². The quantitative estimate of drug-likeness (QED) is 0.896. The second-order valence-corrected chi connectivity index (χ2v) is 5.15. The lowest BCUT2D eigenvalue weighted by Gasteiger charge is -2.37. The molecule has 0 aliphatic carbocycles. The molecule has 1 atom stereocenters. The Morgan fingerprint density at radius 3 is 2.39 bits per heavy atom. The van der Waals surface area contributed by atoms with Crippen molar-refractivity contribution in [2.75, 3.05) is 21.3 Å². The normalized spacial score (nSPS) is 20.8. The molecule has 0 saturated heterocycles. The molecule has 1 N–H and O–H groups in total. The van der Waals surface area contributed by atoms with E-state index in [1.165, 1.54) is 0 Å². The Bertz CT molecular complexity index is 443. The first kappa shape index (κ1) is 13.0. The summed E-state index contributed by atoms with van der Waals surface area (Å²) in [6, 6.07) is 4.16. The Labute approximate surface area is 108 Å². The van der Waals surface area contributed by atoms with Crippen LogP contribution in [0.5, 0.6) is 17.2 Å². The summed E-state index contributed by atoms with van der Waals surface area (Å²) in [7, 11) is 5.24. The zero-order valence-corrected chi connectivity index (χ0v) is 11.7. The van der Waals surface area contributed by atoms with Crippen molar-refractivity contribution < 1.29 is 14.2 Å². The third-order valence-electron chi connectivity index (χ3n) is 3.32. The van der Waals surface area contributed by atoms with Crippen molar-refractivity contribution in [3.63, 3.8) is 0 Å². The van der Waals surface area contributed by atoms with Gasteiger partial charge in [-0.25, -0.2) is 0 Å². The fraction of sp³-hybridized carbons (Fsp3) is 0.571. The van der Waals surface area contributed by atoms with Gasteiger partial charge >= 0.3 is 0 Å². The van der Waals surface area contributed by atoms with Crippen molar-refractivity contribution in [3.05, 3.63) is 17.7 Å². The molecule has 4 heteroatoms. The molecule has 2 rings (SSSR count). The minimum atomic E-state index is -0.180. The van der Waals surface area contributed by atoms with Gasteiger partial charge < -0.3 is 19.5 Å². The van der Waals surface area contributed by atoms with Crippen LogP contribution in [0.2, 0.25) is 0 Å². The molecule has 0 aromatic heterocycles. The van der Waals surface area contributed by atoms with Gasteiger partial charge in [0.2, 0.25) is 0 Å². The second-order valence-electron chi connectivity index (χ2n) is 5.15. The summed E-state index contributed by atoms with van der Waals surface area (Å²) in [5.41, 5.74) is 0.940. The first-order valence-electron chi connectivity index (χ1n) is 6.13. The van der Waals surface area contributed by atoms with Crippen LogP contribution in [0.3, 0.4) is 0 Å². The van der Waals surface area contributed by atoms with Crippen LogP contribution in [0.4, 0.5) is 0 Å². The zero-order valence-electron chi connectivity index (χ0n) is 11.7. The fourth-order valence-electron chi connectivity index (χ4n) is 2.44. The summed E-state index contributed by atoms with van der Waals surface area (Å²) in [4.78, 5) is 0. The molecule has 0 bridgehead atoms. The molecule has 0 fully saturated rings. The van der Waals surface area contributed by atoms with Crippen LogP contribution in [-0.4, -0.2) is 26.9 Å². The summed E-state index contributed by atoms with van der Waals surface area (Å²) in [5.74, 6) is 2.30. The zero-order chi connectivity index (χ0) is 13.3. The van der Waals surface area contributed by atoms with Gasteiger partial charge in [0, 0.05) is 24.1 Å². The number of rotatable bonds is 3. The van der Waals surface area contributed by atoms with E-state index in [2.05, 4.69) is 19.2 Å². The Morgan fingerprint density at radius 1 is 1.22 bits per heavy atom. The molecule has 1 aromatic carbocycles. The molecule has 0 radical (unpaired) electrons. The SMILES string of the molecule is CNC1CC(C)(C)Oc2cc(OC)c(OC)cc21. The van der Waals surface area contributed by atoms with E-state index in [1.807, 2.05) is 19.2 Å². The molecule has 1 aliphatic rings. The van der Waals surface area contributed by atoms with Crippen LogP contribution in [0.1, 0.15) is 31.9 Å². The summed E-state index contributed by atoms with van der Waals surface area (Å²) in [6.07, 6.45) is 0.923. The Hall–Kier alpha value is -1.42. The largest absolute Gasteiger partial charge is 0.493 e. The molecule has 100 valence electrons. The lowest BCUT2D eigenvalue weighted by Crippen LogP contribution is -2.38. The van der Waals surface area contributed by atoms with E-state index < -0.39 is 0 Å². The highest BCUT2D eigenvalue weighted by molar-refractivity contribution is 5.53. The number of benzene rings is 1. The maximum Gasteiger partial charge on any atom is 0.164 e. The van der Waals surface area contributed by atoms with E-state index in [0.717, 1.165) is 23.5 Å². The van der Waals surface area contributed by atoms with E-state index in [1.54, 1.807) is 14.2 Å². The van der Waals surface area contributed by atoms with Crippen molar-refractivity contribution in [3.8, 4) is 17.2 Å². The van der Waals surface area contributed by atoms with Crippen LogP contribution in [-0.2, 0) is 0 Å². The van der Waals surface area contributed by atoms with Gasteiger partial charge in [0.25, 0.3) is 0 Å². The molecule has 1 heterocycles. The molecule has 1 aromatic rings. The molecule has 1 aliphatic heterocycles. The topological polar surface area (TPSA) is 39.7 Å². The number of hydrogen-bond donors (Lipinski definition) is 1. The predicted octanol–water partition coefficient (Wildman–Crippen LogP) is 2.53. The molecule has 18 heavy (non-hydrogen) atoms. The van der Waals surface area contributed by atoms with Gasteiger partial charge in [0.05, 0.1) is 14.2 Å². The minimum Gasteiger partial charge on any atom is -0.493 e. The Kier molecular flexibility index (Phi) is 3.39. The lowest BCUT2D eigenvalue weighted by atomic mass is 9.89. The van der Waals surface area contributed by atoms with Crippen molar-refractivity contribution in [1.29, 1.82) is 0 Å². The number of ether oxygens (including phenoxy) is 3. The number of nitrogens with one attached hydrogen (secondary N) is 1. The van der Waals surface area contributed by atoms with E-state index >= 15 is 0 Å². The van der Waals surface area contributed by atoms with Gasteiger partial charge in [-0.2, -0.15) is 0 Å². The average Bonchev–Trinajstić information content (AvgIpc) is 2.35. The van der Waals surface area contributed by atoms with E-state index in [9.17, 15) is 0 Å². The molecule has 0 spiro atoms. The molecule has 4 nitrogen and oxygen atoms in total. The lowest BCUT2D eigenvalue weighted by molar-refractivity contribution is 0.0669. The van der Waals surface area contributed by atoms with Gasteiger partial charge in [0.15, 0.2) is 11.5 Å². The van der Waals surface area contributed by atoms with Gasteiger partial charge in [-0.05, 0) is 27.0 Å². The molecule has 0 saturated carbocycles. The minimum absolute atomic E-state index is 0.180. The molecular weight excluding hydrogens is 230 g/mol. The predicted molar refractivity (Wildman–Crippen MR) is 70.7 cm³/mol. The van der Waals surface area contributed by atoms with Crippen LogP contribution in [0.25, 0.3) is 0 Å². The summed E-state index contributed by atoms with van der Waals surface area (Å²) in [6.45, 7) is 4.19. The van der Waals surface area contributed by atoms with Crippen molar-refractivity contribution in [2.45, 2.75) is 31.9 Å². The molecule has 1 unspecified atom stereocenters. The van der Waals surface area contributed by atoms with Gasteiger partial charge in [-0.1, -0.05) is 0 Å². The highest BCUT2D eigenvalue weighted by Gasteiger charge is 2.34. The first-order valence-corrected chi connectivity index (χ1v) is 6.13. The maximum absolute atomic E-state index is 6.02. The van der Waals surface area contributed by atoms with E-state index in [4.69, 9.17) is 14.2 Å². The highest BCUT2D eigenvalue weighted by atomic mass is 16.5. The number of methoxy groups -OCH3 is 2. The van der Waals surface area contributed by atoms with Gasteiger partial charge in [-0.3, -0.25) is 0 Å². The summed E-state index contributed by atoms with van der Waals surface area (Å²) < 4.78 is 16.7. The molecule has 0 amide bonds. The average molecular weight is 251 g/mol. The standard InChI is InChI=1S/C14H21NO3/c1-14(2)8-10(15-3)9-6-12(16-4)13(17-5)7-11(9)18-14/h6-7,10,15H,8H2,1-5H3. The summed E-state index contributed by atoms with van der Waals surface area (Å²) in [5, 5.41) is 3.33. The van der Waals surface area contributed by atoms with Crippen molar-refractivity contribution in [2.24, 2.45) is 0 Å². The van der Waals surface area contributed by atoms with Crippen LogP contribution in [0, 0.1) is 0 Å². The Balaban J connectivity index is 2.51. The third kappa shape index (κ3) is 2.25. The second kappa shape index (κ2) is 4.69. The van der Waals surface area contributed by atoms with Crippen molar-refractivity contribution >= 4 is 0 Å². The van der Waals surface area contributed by atoms with E-state index in [-0.39, 0.29) is 11.6 Å². The Morgan fingerprint density at radius 2 is 1.83 bits per heavy atom. The molecular formula is C14H21NO3. The smallest absolute Gasteiger partial charge is 0.164 e. The monoisotopic (exact) mass is 251 g/mol. The van der Waals surface area contributed by atoms with Crippen molar-refractivity contribution in [1.82, 2.24) is 5.32 Å². The summed E-state index contributed by atoms with van der Waals surface area (Å²) >= 11 is 0. The first-order chi connectivity index (χ1) is 8.50. The fourth-order valence-corrected chi connectivity index (χ4v) is 2.44. The highest BCUT2D eigenvalue weighted by Crippen LogP contribution is 2.44. The van der Waals surface area contributed by atoms with Crippen LogP contribution < -0.4 is 19.5 Å². The third-order valence-corrected chi connectivity index (χ3v) is 3.32. The van der Waals surface area contributed by atoms with Gasteiger partial charge in [-0.15, -0.1) is 0 Å². The number of fused-ring (bicyclic) bond motifs is 1. The maximum atomic E-state index is 6.02.